The molecule has 1 aliphatic heterocycles. The van der Waals surface area contributed by atoms with Crippen LogP contribution in [0.3, 0.4) is 0 Å². The highest BCUT2D eigenvalue weighted by Gasteiger charge is 2.64. The summed E-state index contributed by atoms with van der Waals surface area (Å²) in [5.74, 6) is -0.810. The Labute approximate surface area is 117 Å². The molecule has 1 aromatic carbocycles. The van der Waals surface area contributed by atoms with Gasteiger partial charge in [-0.15, -0.1) is 0 Å². The Hall–Kier alpha value is -0.200. The van der Waals surface area contributed by atoms with Gasteiger partial charge in [-0.1, -0.05) is 78.1 Å². The molecule has 1 atom stereocenters. The van der Waals surface area contributed by atoms with Crippen molar-refractivity contribution in [3.05, 3.63) is 35.9 Å². The van der Waals surface area contributed by atoms with Crippen LogP contribution in [0.25, 0.3) is 0 Å². The summed E-state index contributed by atoms with van der Waals surface area (Å²) in [6.07, 6.45) is 0. The van der Waals surface area contributed by atoms with Crippen molar-refractivity contribution in [1.82, 2.24) is 5.32 Å². The Morgan fingerprint density at radius 1 is 0.938 bits per heavy atom. The van der Waals surface area contributed by atoms with Crippen LogP contribution in [0.2, 0.25) is 0 Å². The highest BCUT2D eigenvalue weighted by atomic mass is 79.9. The maximum absolute atomic E-state index is 11.9. The Bertz CT molecular complexity index is 460. The lowest BCUT2D eigenvalue weighted by Gasteiger charge is -2.28. The van der Waals surface area contributed by atoms with Gasteiger partial charge in [0.1, 0.15) is 0 Å². The first kappa shape index (κ1) is 12.3. The molecule has 1 heterocycles. The zero-order chi connectivity index (χ0) is 12.0. The van der Waals surface area contributed by atoms with Crippen LogP contribution in [0.15, 0.2) is 30.3 Å². The van der Waals surface area contributed by atoms with Crippen LogP contribution in [0, 0.1) is 0 Å². The van der Waals surface area contributed by atoms with E-state index in [9.17, 15) is 9.59 Å². The van der Waals surface area contributed by atoms with Crippen LogP contribution in [0.4, 0.5) is 0 Å². The molecule has 3 nitrogen and oxygen atoms in total. The van der Waals surface area contributed by atoms with Crippen LogP contribution in [0.5, 0.6) is 0 Å². The second-order valence-corrected chi connectivity index (χ2v) is 8.01. The summed E-state index contributed by atoms with van der Waals surface area (Å²) in [5, 5.41) is 2.28. The van der Waals surface area contributed by atoms with Crippen molar-refractivity contribution >= 4 is 59.6 Å². The lowest BCUT2D eigenvalue weighted by molar-refractivity contribution is -0.125. The van der Waals surface area contributed by atoms with Gasteiger partial charge in [-0.3, -0.25) is 14.9 Å². The van der Waals surface area contributed by atoms with E-state index in [0.717, 1.165) is 0 Å². The summed E-state index contributed by atoms with van der Waals surface area (Å²) in [4.78, 5) is 23.5. The molecule has 1 aliphatic rings. The van der Waals surface area contributed by atoms with Gasteiger partial charge < -0.3 is 0 Å². The third-order valence-corrected chi connectivity index (χ3v) is 6.82. The number of carbonyl (C=O) groups is 2. The molecule has 6 heteroatoms. The van der Waals surface area contributed by atoms with E-state index in [4.69, 9.17) is 0 Å². The summed E-state index contributed by atoms with van der Waals surface area (Å²) >= 11 is 9.84. The fraction of sp³-hybridized carbons (Fsp3) is 0.200. The molecule has 1 fully saturated rings. The maximum Gasteiger partial charge on any atom is 0.256 e. The molecule has 1 saturated heterocycles. The van der Waals surface area contributed by atoms with E-state index in [2.05, 4.69) is 53.1 Å². The predicted octanol–water partition coefficient (Wildman–Crippen LogP) is 2.42. The third kappa shape index (κ3) is 1.50. The SMILES string of the molecule is O=C1NC(=O)C(Br)(c2ccccc2)C1(Br)Br. The molecule has 1 N–H and O–H groups in total. The first-order valence-electron chi connectivity index (χ1n) is 4.39. The highest BCUT2D eigenvalue weighted by molar-refractivity contribution is 9.26. The fourth-order valence-electron chi connectivity index (χ4n) is 1.55. The number of halogens is 3. The molecular weight excluding hydrogens is 406 g/mol. The van der Waals surface area contributed by atoms with Crippen LogP contribution >= 0.6 is 47.8 Å². The van der Waals surface area contributed by atoms with E-state index in [1.54, 1.807) is 12.1 Å². The molecule has 2 amide bonds. The van der Waals surface area contributed by atoms with E-state index in [0.29, 0.717) is 5.56 Å². The standard InChI is InChI=1S/C10H6Br3NO2/c11-9(6-4-2-1-3-5-6)7(15)14-8(16)10(9,12)13/h1-5H,(H,14,15,16). The van der Waals surface area contributed by atoms with Gasteiger partial charge in [0.2, 0.25) is 0 Å². The number of hydrogen-bond donors (Lipinski definition) is 1. The average Bonchev–Trinajstić information content (AvgIpc) is 2.42. The summed E-state index contributed by atoms with van der Waals surface area (Å²) in [6.45, 7) is 0. The van der Waals surface area contributed by atoms with Crippen molar-refractivity contribution in [1.29, 1.82) is 0 Å². The smallest absolute Gasteiger partial charge is 0.256 e. The van der Waals surface area contributed by atoms with Crippen LogP contribution in [-0.4, -0.2) is 15.0 Å². The van der Waals surface area contributed by atoms with Crippen molar-refractivity contribution in [2.75, 3.05) is 0 Å². The number of amides is 2. The van der Waals surface area contributed by atoms with Gasteiger partial charge in [0.25, 0.3) is 11.8 Å². The van der Waals surface area contributed by atoms with Crippen molar-refractivity contribution in [3.63, 3.8) is 0 Å². The minimum absolute atomic E-state index is 0.391. The third-order valence-electron chi connectivity index (χ3n) is 2.43. The van der Waals surface area contributed by atoms with Gasteiger partial charge in [0.05, 0.1) is 0 Å². The lowest BCUT2D eigenvalue weighted by atomic mass is 9.97. The fourth-order valence-corrected chi connectivity index (χ4v) is 3.11. The summed E-state index contributed by atoms with van der Waals surface area (Å²) in [6, 6.07) is 9.03. The number of imide groups is 1. The predicted molar refractivity (Wildman–Crippen MR) is 70.8 cm³/mol. The van der Waals surface area contributed by atoms with Crippen molar-refractivity contribution in [2.24, 2.45) is 0 Å². The zero-order valence-electron chi connectivity index (χ0n) is 7.84. The largest absolute Gasteiger partial charge is 0.293 e. The molecule has 0 radical (unpaired) electrons. The number of nitrogens with one attached hydrogen (secondary N) is 1. The van der Waals surface area contributed by atoms with E-state index in [-0.39, 0.29) is 0 Å². The normalized spacial score (nSPS) is 27.9. The van der Waals surface area contributed by atoms with Crippen LogP contribution in [-0.2, 0) is 13.9 Å². The molecule has 1 aromatic rings. The van der Waals surface area contributed by atoms with E-state index in [1.807, 2.05) is 18.2 Å². The molecule has 0 aromatic heterocycles. The number of benzene rings is 1. The lowest BCUT2D eigenvalue weighted by Crippen LogP contribution is -2.40. The van der Waals surface area contributed by atoms with E-state index in [1.165, 1.54) is 0 Å². The van der Waals surface area contributed by atoms with Crippen LogP contribution < -0.4 is 5.32 Å². The van der Waals surface area contributed by atoms with Gasteiger partial charge in [0, 0.05) is 0 Å². The molecular formula is C10H6Br3NO2. The summed E-state index contributed by atoms with van der Waals surface area (Å²) < 4.78 is -2.32. The second kappa shape index (κ2) is 3.92. The summed E-state index contributed by atoms with van der Waals surface area (Å²) in [5.41, 5.74) is 0.701. The second-order valence-electron chi connectivity index (χ2n) is 3.38. The van der Waals surface area contributed by atoms with Crippen molar-refractivity contribution in [3.8, 4) is 0 Å². The quantitative estimate of drug-likeness (QED) is 0.570. The van der Waals surface area contributed by atoms with Crippen LogP contribution in [0.1, 0.15) is 5.56 Å². The van der Waals surface area contributed by atoms with Crippen molar-refractivity contribution in [2.45, 2.75) is 7.56 Å². The topological polar surface area (TPSA) is 46.2 Å². The van der Waals surface area contributed by atoms with E-state index < -0.39 is 19.4 Å². The van der Waals surface area contributed by atoms with Gasteiger partial charge in [0.15, 0.2) is 7.56 Å². The Morgan fingerprint density at radius 2 is 1.50 bits per heavy atom. The van der Waals surface area contributed by atoms with Gasteiger partial charge in [-0.2, -0.15) is 0 Å². The molecule has 0 bridgehead atoms. The zero-order valence-corrected chi connectivity index (χ0v) is 12.6. The first-order valence-corrected chi connectivity index (χ1v) is 6.76. The molecule has 1 unspecified atom stereocenters. The highest BCUT2D eigenvalue weighted by Crippen LogP contribution is 2.54. The van der Waals surface area contributed by atoms with E-state index >= 15 is 0 Å². The number of hydrogen-bond acceptors (Lipinski definition) is 2. The Balaban J connectivity index is 2.61. The molecule has 0 saturated carbocycles. The number of carbonyl (C=O) groups excluding carboxylic acids is 2. The Kier molecular flexibility index (Phi) is 3.01. The van der Waals surface area contributed by atoms with Crippen molar-refractivity contribution < 1.29 is 9.59 Å². The van der Waals surface area contributed by atoms with Gasteiger partial charge >= 0.3 is 0 Å². The van der Waals surface area contributed by atoms with Gasteiger partial charge in [-0.25, -0.2) is 0 Å². The number of rotatable bonds is 1. The molecule has 0 spiro atoms. The molecule has 0 aliphatic carbocycles. The number of alkyl halides is 3. The monoisotopic (exact) mass is 409 g/mol. The minimum Gasteiger partial charge on any atom is -0.293 e. The first-order chi connectivity index (χ1) is 7.40. The minimum atomic E-state index is -1.18. The average molecular weight is 412 g/mol. The summed E-state index contributed by atoms with van der Waals surface area (Å²) in [7, 11) is 0. The van der Waals surface area contributed by atoms with Gasteiger partial charge in [-0.05, 0) is 5.56 Å². The molecule has 16 heavy (non-hydrogen) atoms. The maximum atomic E-state index is 11.9. The molecule has 2 rings (SSSR count). The molecule has 84 valence electrons. The Morgan fingerprint density at radius 3 is 1.94 bits per heavy atom.